The van der Waals surface area contributed by atoms with Crippen LogP contribution in [0.25, 0.3) is 11.2 Å². The van der Waals surface area contributed by atoms with Gasteiger partial charge in [0.2, 0.25) is 0 Å². The molecule has 6 nitrogen and oxygen atoms in total. The van der Waals surface area contributed by atoms with Gasteiger partial charge in [0.15, 0.2) is 22.1 Å². The molecule has 0 atom stereocenters. The maximum Gasteiger partial charge on any atom is 0.175 e. The third-order valence-electron chi connectivity index (χ3n) is 3.38. The number of rotatable bonds is 6. The molecule has 0 saturated heterocycles. The number of benzene rings is 1. The molecular formula is C15H15ClIN5OS. The van der Waals surface area contributed by atoms with Crippen LogP contribution in [0.5, 0.6) is 5.75 Å². The van der Waals surface area contributed by atoms with Crippen LogP contribution in [0.2, 0.25) is 0 Å². The van der Waals surface area contributed by atoms with Crippen molar-refractivity contribution in [2.45, 2.75) is 23.0 Å². The van der Waals surface area contributed by atoms with Gasteiger partial charge in [-0.25, -0.2) is 15.0 Å². The summed E-state index contributed by atoms with van der Waals surface area (Å²) in [6.45, 7) is 0.722. The topological polar surface area (TPSA) is 78.8 Å². The molecule has 126 valence electrons. The van der Waals surface area contributed by atoms with Crippen molar-refractivity contribution in [1.29, 1.82) is 0 Å². The average Bonchev–Trinajstić information content (AvgIpc) is 2.94. The summed E-state index contributed by atoms with van der Waals surface area (Å²) in [7, 11) is 1.66. The molecule has 1 aromatic carbocycles. The molecule has 0 aliphatic carbocycles. The molecule has 0 amide bonds. The lowest BCUT2D eigenvalue weighted by molar-refractivity contribution is 0.413. The highest BCUT2D eigenvalue weighted by molar-refractivity contribution is 14.1. The van der Waals surface area contributed by atoms with Gasteiger partial charge in [0.05, 0.1) is 7.11 Å². The Kier molecular flexibility index (Phi) is 5.67. The fourth-order valence-electron chi connectivity index (χ4n) is 2.22. The molecule has 0 unspecified atom stereocenters. The van der Waals surface area contributed by atoms with E-state index in [4.69, 9.17) is 22.1 Å². The van der Waals surface area contributed by atoms with Gasteiger partial charge >= 0.3 is 0 Å². The van der Waals surface area contributed by atoms with Gasteiger partial charge in [-0.3, -0.25) is 0 Å². The Morgan fingerprint density at radius 3 is 2.96 bits per heavy atom. The summed E-state index contributed by atoms with van der Waals surface area (Å²) in [5.74, 6) is 1.76. The summed E-state index contributed by atoms with van der Waals surface area (Å²) in [6.07, 6.45) is 2.28. The highest BCUT2D eigenvalue weighted by Crippen LogP contribution is 2.35. The Morgan fingerprint density at radius 2 is 2.21 bits per heavy atom. The molecule has 0 spiro atoms. The van der Waals surface area contributed by atoms with Crippen LogP contribution in [0, 0.1) is 3.57 Å². The third kappa shape index (κ3) is 3.55. The van der Waals surface area contributed by atoms with E-state index in [1.807, 2.05) is 22.8 Å². The number of nitrogens with zero attached hydrogens (tertiary/aromatic N) is 4. The number of aromatic nitrogens is 4. The molecule has 24 heavy (non-hydrogen) atoms. The number of anilines is 1. The van der Waals surface area contributed by atoms with Crippen molar-refractivity contribution in [3.05, 3.63) is 28.1 Å². The number of nitrogens with two attached hydrogens (primary N) is 1. The lowest BCUT2D eigenvalue weighted by atomic mass is 10.3. The van der Waals surface area contributed by atoms with Crippen LogP contribution in [0.1, 0.15) is 6.42 Å². The summed E-state index contributed by atoms with van der Waals surface area (Å²) in [6, 6.07) is 5.94. The molecule has 3 aromatic rings. The lowest BCUT2D eigenvalue weighted by Gasteiger charge is -2.09. The van der Waals surface area contributed by atoms with Crippen molar-refractivity contribution in [2.75, 3.05) is 18.7 Å². The highest BCUT2D eigenvalue weighted by atomic mass is 127. The van der Waals surface area contributed by atoms with E-state index in [1.54, 1.807) is 18.9 Å². The first-order valence-corrected chi connectivity index (χ1v) is 9.61. The van der Waals surface area contributed by atoms with Gasteiger partial charge < -0.3 is 15.0 Å². The SMILES string of the molecule is COc1ccc(I)c(Sc2nc3c(N)ncnc3n2CCCCl)c1. The van der Waals surface area contributed by atoms with Gasteiger partial charge in [-0.15, -0.1) is 11.6 Å². The van der Waals surface area contributed by atoms with Crippen molar-refractivity contribution in [1.82, 2.24) is 19.5 Å². The van der Waals surface area contributed by atoms with Crippen LogP contribution in [-0.4, -0.2) is 32.5 Å². The third-order valence-corrected chi connectivity index (χ3v) is 6.01. The summed E-state index contributed by atoms with van der Waals surface area (Å²) in [5.41, 5.74) is 7.30. The molecule has 2 N–H and O–H groups in total. The van der Waals surface area contributed by atoms with E-state index >= 15 is 0 Å². The second kappa shape index (κ2) is 7.75. The fourth-order valence-corrected chi connectivity index (χ4v) is 3.97. The van der Waals surface area contributed by atoms with Gasteiger partial charge in [-0.05, 0) is 47.2 Å². The van der Waals surface area contributed by atoms with Crippen molar-refractivity contribution >= 4 is 62.9 Å². The predicted octanol–water partition coefficient (Wildman–Crippen LogP) is 3.80. The molecule has 0 radical (unpaired) electrons. The summed E-state index contributed by atoms with van der Waals surface area (Å²) < 4.78 is 8.47. The minimum absolute atomic E-state index is 0.381. The van der Waals surface area contributed by atoms with E-state index < -0.39 is 0 Å². The largest absolute Gasteiger partial charge is 0.497 e. The van der Waals surface area contributed by atoms with Crippen LogP contribution in [0.15, 0.2) is 34.6 Å². The lowest BCUT2D eigenvalue weighted by Crippen LogP contribution is -2.02. The van der Waals surface area contributed by atoms with Crippen LogP contribution in [-0.2, 0) is 6.54 Å². The van der Waals surface area contributed by atoms with E-state index in [2.05, 4.69) is 37.5 Å². The quantitative estimate of drug-likeness (QED) is 0.431. The minimum atomic E-state index is 0.381. The van der Waals surface area contributed by atoms with E-state index in [0.29, 0.717) is 17.2 Å². The molecule has 0 aliphatic heterocycles. The monoisotopic (exact) mass is 475 g/mol. The summed E-state index contributed by atoms with van der Waals surface area (Å²) in [4.78, 5) is 14.1. The van der Waals surface area contributed by atoms with Crippen LogP contribution in [0.4, 0.5) is 5.82 Å². The van der Waals surface area contributed by atoms with Crippen molar-refractivity contribution < 1.29 is 4.74 Å². The Morgan fingerprint density at radius 1 is 1.38 bits per heavy atom. The van der Waals surface area contributed by atoms with Crippen molar-refractivity contribution in [3.63, 3.8) is 0 Å². The van der Waals surface area contributed by atoms with E-state index in [-0.39, 0.29) is 0 Å². The molecular weight excluding hydrogens is 461 g/mol. The molecule has 0 bridgehead atoms. The number of alkyl halides is 1. The smallest absolute Gasteiger partial charge is 0.175 e. The van der Waals surface area contributed by atoms with Crippen LogP contribution in [0.3, 0.4) is 0 Å². The number of ether oxygens (including phenoxy) is 1. The summed E-state index contributed by atoms with van der Waals surface area (Å²) >= 11 is 9.71. The molecule has 3 rings (SSSR count). The number of halogens is 2. The van der Waals surface area contributed by atoms with Crippen molar-refractivity contribution in [2.24, 2.45) is 0 Å². The number of aryl methyl sites for hydroxylation is 1. The normalized spacial score (nSPS) is 11.1. The fraction of sp³-hybridized carbons (Fsp3) is 0.267. The summed E-state index contributed by atoms with van der Waals surface area (Å²) in [5, 5.41) is 0.813. The number of methoxy groups -OCH3 is 1. The Hall–Kier alpha value is -1.26. The number of imidazole rings is 1. The Balaban J connectivity index is 2.06. The predicted molar refractivity (Wildman–Crippen MR) is 105 cm³/mol. The average molecular weight is 476 g/mol. The van der Waals surface area contributed by atoms with E-state index in [9.17, 15) is 0 Å². The molecule has 2 aromatic heterocycles. The van der Waals surface area contributed by atoms with Crippen LogP contribution >= 0.6 is 46.0 Å². The zero-order valence-corrected chi connectivity index (χ0v) is 16.6. The Labute approximate surface area is 162 Å². The zero-order chi connectivity index (χ0) is 17.1. The minimum Gasteiger partial charge on any atom is -0.497 e. The number of nitrogen functional groups attached to an aromatic ring is 1. The number of hydrogen-bond acceptors (Lipinski definition) is 6. The van der Waals surface area contributed by atoms with Gasteiger partial charge in [0.25, 0.3) is 0 Å². The van der Waals surface area contributed by atoms with E-state index in [0.717, 1.165) is 38.0 Å². The van der Waals surface area contributed by atoms with Gasteiger partial charge in [0.1, 0.15) is 12.1 Å². The maximum absolute atomic E-state index is 5.95. The van der Waals surface area contributed by atoms with Gasteiger partial charge in [-0.1, -0.05) is 11.8 Å². The standard InChI is InChI=1S/C15H15ClIN5OS/c1-23-9-3-4-10(17)11(7-9)24-15-21-12-13(18)19-8-20-14(12)22(15)6-2-5-16/h3-4,7-8H,2,5-6H2,1H3,(H2,18,19,20). The second-order valence-electron chi connectivity index (χ2n) is 4.92. The van der Waals surface area contributed by atoms with Crippen LogP contribution < -0.4 is 10.5 Å². The molecule has 0 saturated carbocycles. The van der Waals surface area contributed by atoms with Gasteiger partial charge in [0, 0.05) is 20.9 Å². The molecule has 0 aliphatic rings. The number of fused-ring (bicyclic) bond motifs is 1. The second-order valence-corrected chi connectivity index (χ2v) is 7.47. The Bertz CT molecular complexity index is 872. The highest BCUT2D eigenvalue weighted by Gasteiger charge is 2.17. The zero-order valence-electron chi connectivity index (χ0n) is 12.9. The molecule has 9 heteroatoms. The first kappa shape index (κ1) is 17.6. The first-order valence-electron chi connectivity index (χ1n) is 7.18. The molecule has 2 heterocycles. The maximum atomic E-state index is 5.95. The molecule has 0 fully saturated rings. The first-order chi connectivity index (χ1) is 11.6. The number of hydrogen-bond donors (Lipinski definition) is 1. The van der Waals surface area contributed by atoms with E-state index in [1.165, 1.54) is 6.33 Å². The van der Waals surface area contributed by atoms with Gasteiger partial charge in [-0.2, -0.15) is 0 Å². The van der Waals surface area contributed by atoms with Crippen molar-refractivity contribution in [3.8, 4) is 5.75 Å².